The lowest BCUT2D eigenvalue weighted by Crippen LogP contribution is -2.29. The number of hydrogen-bond acceptors (Lipinski definition) is 4. The van der Waals surface area contributed by atoms with Crippen molar-refractivity contribution in [2.75, 3.05) is 23.9 Å². The van der Waals surface area contributed by atoms with Crippen molar-refractivity contribution in [1.82, 2.24) is 14.9 Å². The molecule has 4 aromatic rings. The molecular weight excluding hydrogens is 518 g/mol. The Hall–Kier alpha value is -4.01. The van der Waals surface area contributed by atoms with Crippen LogP contribution in [0.5, 0.6) is 0 Å². The van der Waals surface area contributed by atoms with Crippen LogP contribution < -0.4 is 15.5 Å². The van der Waals surface area contributed by atoms with Crippen LogP contribution in [0.4, 0.5) is 11.4 Å². The van der Waals surface area contributed by atoms with E-state index in [-0.39, 0.29) is 24.6 Å². The summed E-state index contributed by atoms with van der Waals surface area (Å²) >= 11 is 5.96. The molecule has 1 aliphatic heterocycles. The van der Waals surface area contributed by atoms with Gasteiger partial charge in [-0.2, -0.15) is 0 Å². The summed E-state index contributed by atoms with van der Waals surface area (Å²) in [5, 5.41) is 7.11. The first kappa shape index (κ1) is 27.6. The number of ether oxygens (including phenoxy) is 1. The maximum atomic E-state index is 12.1. The molecule has 5 rings (SSSR count). The summed E-state index contributed by atoms with van der Waals surface area (Å²) in [6.45, 7) is 8.47. The summed E-state index contributed by atoms with van der Waals surface area (Å²) in [5.41, 5.74) is 9.49. The fourth-order valence-corrected chi connectivity index (χ4v) is 5.92. The van der Waals surface area contributed by atoms with E-state index < -0.39 is 0 Å². The predicted molar refractivity (Wildman–Crippen MR) is 164 cm³/mol. The number of carbonyl (C=O) groups is 1. The highest BCUT2D eigenvalue weighted by molar-refractivity contribution is 7.80. The average Bonchev–Trinajstić information content (AvgIpc) is 3.45. The van der Waals surface area contributed by atoms with Crippen molar-refractivity contribution in [2.24, 2.45) is 0 Å². The van der Waals surface area contributed by atoms with Crippen LogP contribution in [0.2, 0.25) is 0 Å². The molecule has 0 saturated carbocycles. The highest BCUT2D eigenvalue weighted by atomic mass is 32.1. The fourth-order valence-electron chi connectivity index (χ4n) is 5.57. The monoisotopic (exact) mass is 553 g/mol. The molecule has 0 unspecified atom stereocenters. The third-order valence-electron chi connectivity index (χ3n) is 7.53. The SMILES string of the molecule is CCc1ccc(-n2c(C)cc([C@@H]3[C@H](c4ccccn4)NC(=S)N3c3ccc(NC(=O)COC)c(C)c3)c2C)cc1. The van der Waals surface area contributed by atoms with Gasteiger partial charge in [0, 0.05) is 41.8 Å². The first-order valence-electron chi connectivity index (χ1n) is 13.5. The van der Waals surface area contributed by atoms with E-state index in [2.05, 4.69) is 77.3 Å². The van der Waals surface area contributed by atoms with Crippen LogP contribution in [0.3, 0.4) is 0 Å². The Bertz CT molecular complexity index is 1530. The molecule has 40 heavy (non-hydrogen) atoms. The average molecular weight is 554 g/mol. The fraction of sp³-hybridized carbons (Fsp3) is 0.281. The standard InChI is InChI=1S/C32H35N5O2S/c1-6-23-10-12-24(13-11-23)36-21(3)18-26(22(36)4)31-30(28-9-7-8-16-33-28)35-32(40)37(31)25-14-15-27(20(2)17-25)34-29(38)19-39-5/h7-18,30-31H,6,19H2,1-5H3,(H,34,38)(H,35,40)/t30-,31+/m0/s1. The Morgan fingerprint density at radius 3 is 2.45 bits per heavy atom. The molecule has 1 aliphatic rings. The van der Waals surface area contributed by atoms with Gasteiger partial charge in [-0.05, 0) is 105 Å². The molecule has 2 atom stereocenters. The van der Waals surface area contributed by atoms with Gasteiger partial charge >= 0.3 is 0 Å². The van der Waals surface area contributed by atoms with Gasteiger partial charge in [0.2, 0.25) is 5.91 Å². The van der Waals surface area contributed by atoms with Gasteiger partial charge in [-0.25, -0.2) is 0 Å². The van der Waals surface area contributed by atoms with E-state index in [0.29, 0.717) is 5.11 Å². The molecule has 1 fully saturated rings. The number of anilines is 2. The van der Waals surface area contributed by atoms with Gasteiger partial charge in [-0.1, -0.05) is 25.1 Å². The normalized spacial score (nSPS) is 16.7. The minimum Gasteiger partial charge on any atom is -0.375 e. The van der Waals surface area contributed by atoms with E-state index in [1.54, 1.807) is 0 Å². The number of hydrogen-bond donors (Lipinski definition) is 2. The highest BCUT2D eigenvalue weighted by Gasteiger charge is 2.42. The van der Waals surface area contributed by atoms with Crippen LogP contribution in [0, 0.1) is 20.8 Å². The van der Waals surface area contributed by atoms with Crippen molar-refractivity contribution >= 4 is 34.6 Å². The van der Waals surface area contributed by atoms with E-state index in [1.807, 2.05) is 43.5 Å². The summed E-state index contributed by atoms with van der Waals surface area (Å²) in [6.07, 6.45) is 2.83. The number of benzene rings is 2. The molecule has 206 valence electrons. The lowest BCUT2D eigenvalue weighted by molar-refractivity contribution is -0.119. The third-order valence-corrected chi connectivity index (χ3v) is 7.84. The molecule has 0 spiro atoms. The first-order chi connectivity index (χ1) is 19.3. The molecule has 8 heteroatoms. The number of nitrogens with one attached hydrogen (secondary N) is 2. The van der Waals surface area contributed by atoms with E-state index >= 15 is 0 Å². The number of aromatic nitrogens is 2. The van der Waals surface area contributed by atoms with Crippen LogP contribution >= 0.6 is 12.2 Å². The zero-order chi connectivity index (χ0) is 28.4. The molecule has 0 aliphatic carbocycles. The summed E-state index contributed by atoms with van der Waals surface area (Å²) in [7, 11) is 1.51. The number of nitrogens with zero attached hydrogens (tertiary/aromatic N) is 3. The molecule has 0 radical (unpaired) electrons. The maximum Gasteiger partial charge on any atom is 0.250 e. The number of rotatable bonds is 8. The minimum absolute atomic E-state index is 0.00589. The summed E-state index contributed by atoms with van der Waals surface area (Å²) in [4.78, 5) is 19.0. The highest BCUT2D eigenvalue weighted by Crippen LogP contribution is 2.44. The van der Waals surface area contributed by atoms with E-state index in [4.69, 9.17) is 21.9 Å². The van der Waals surface area contributed by atoms with Crippen molar-refractivity contribution in [2.45, 2.75) is 46.2 Å². The molecule has 2 N–H and O–H groups in total. The van der Waals surface area contributed by atoms with Crippen molar-refractivity contribution in [3.8, 4) is 5.69 Å². The van der Waals surface area contributed by atoms with Crippen LogP contribution in [0.1, 0.15) is 52.8 Å². The van der Waals surface area contributed by atoms with Gasteiger partial charge in [-0.15, -0.1) is 0 Å². The van der Waals surface area contributed by atoms with Crippen LogP contribution in [-0.4, -0.2) is 34.3 Å². The summed E-state index contributed by atoms with van der Waals surface area (Å²) < 4.78 is 7.27. The van der Waals surface area contributed by atoms with E-state index in [1.165, 1.54) is 18.2 Å². The molecule has 2 aromatic heterocycles. The number of pyridine rings is 1. The summed E-state index contributed by atoms with van der Waals surface area (Å²) in [6, 6.07) is 22.7. The second-order valence-corrected chi connectivity index (χ2v) is 10.5. The second-order valence-electron chi connectivity index (χ2n) is 10.2. The lowest BCUT2D eigenvalue weighted by atomic mass is 9.96. The number of carbonyl (C=O) groups excluding carboxylic acids is 1. The number of amides is 1. The van der Waals surface area contributed by atoms with Gasteiger partial charge in [-0.3, -0.25) is 9.78 Å². The molecule has 0 bridgehead atoms. The van der Waals surface area contributed by atoms with E-state index in [9.17, 15) is 4.79 Å². The number of thiocarbonyl (C=S) groups is 1. The largest absolute Gasteiger partial charge is 0.375 e. The van der Waals surface area contributed by atoms with E-state index in [0.717, 1.165) is 46.1 Å². The molecule has 2 aromatic carbocycles. The number of aryl methyl sites for hydroxylation is 3. The first-order valence-corrected chi connectivity index (χ1v) is 13.9. The predicted octanol–water partition coefficient (Wildman–Crippen LogP) is 6.12. The van der Waals surface area contributed by atoms with Crippen LogP contribution in [0.25, 0.3) is 5.69 Å². The van der Waals surface area contributed by atoms with Crippen LogP contribution in [-0.2, 0) is 16.0 Å². The lowest BCUT2D eigenvalue weighted by Gasteiger charge is -2.29. The molecule has 7 nitrogen and oxygen atoms in total. The smallest absolute Gasteiger partial charge is 0.250 e. The molecular formula is C32H35N5O2S. The van der Waals surface area contributed by atoms with Crippen LogP contribution in [0.15, 0.2) is 72.9 Å². The molecule has 1 saturated heterocycles. The molecule has 3 heterocycles. The van der Waals surface area contributed by atoms with Crippen molar-refractivity contribution in [3.63, 3.8) is 0 Å². The Morgan fingerprint density at radius 1 is 1.05 bits per heavy atom. The topological polar surface area (TPSA) is 71.4 Å². The van der Waals surface area contributed by atoms with Crippen molar-refractivity contribution < 1.29 is 9.53 Å². The second kappa shape index (κ2) is 11.6. The Morgan fingerprint density at radius 2 is 1.80 bits per heavy atom. The van der Waals surface area contributed by atoms with Crippen molar-refractivity contribution in [3.05, 3.63) is 107 Å². The van der Waals surface area contributed by atoms with Gasteiger partial charge in [0.25, 0.3) is 0 Å². The molecule has 1 amide bonds. The van der Waals surface area contributed by atoms with Gasteiger partial charge in [0.15, 0.2) is 5.11 Å². The third kappa shape index (κ3) is 5.24. The van der Waals surface area contributed by atoms with Gasteiger partial charge < -0.3 is 24.8 Å². The zero-order valence-corrected chi connectivity index (χ0v) is 24.4. The maximum absolute atomic E-state index is 12.1. The van der Waals surface area contributed by atoms with Crippen molar-refractivity contribution in [1.29, 1.82) is 0 Å². The van der Waals surface area contributed by atoms with Gasteiger partial charge in [0.1, 0.15) is 6.61 Å². The Balaban J connectivity index is 1.59. The quantitative estimate of drug-likeness (QED) is 0.256. The minimum atomic E-state index is -0.191. The zero-order valence-electron chi connectivity index (χ0n) is 23.6. The Kier molecular flexibility index (Phi) is 8.00. The Labute approximate surface area is 241 Å². The number of methoxy groups -OCH3 is 1. The van der Waals surface area contributed by atoms with Gasteiger partial charge in [0.05, 0.1) is 17.8 Å². The summed E-state index contributed by atoms with van der Waals surface area (Å²) in [5.74, 6) is -0.191.